The van der Waals surface area contributed by atoms with E-state index in [0.717, 1.165) is 11.3 Å². The van der Waals surface area contributed by atoms with Gasteiger partial charge in [-0.05, 0) is 32.6 Å². The van der Waals surface area contributed by atoms with E-state index < -0.39 is 11.8 Å². The van der Waals surface area contributed by atoms with E-state index in [2.05, 4.69) is 5.10 Å². The number of hydrogen-bond donors (Lipinski definition) is 1. The Morgan fingerprint density at radius 2 is 2.05 bits per heavy atom. The Bertz CT molecular complexity index is 486. The lowest BCUT2D eigenvalue weighted by Gasteiger charge is -2.28. The van der Waals surface area contributed by atoms with Gasteiger partial charge in [0.15, 0.2) is 0 Å². The third kappa shape index (κ3) is 2.62. The molecule has 0 aliphatic heterocycles. The van der Waals surface area contributed by atoms with Crippen LogP contribution in [0.5, 0.6) is 0 Å². The minimum absolute atomic E-state index is 0.0394. The van der Waals surface area contributed by atoms with E-state index in [0.29, 0.717) is 25.1 Å². The number of carbonyl (C=O) groups excluding carboxylic acids is 1. The standard InChI is InChI=1S/C13H19F2N3O/c1-3-18-11(12(16)19)10(8(2)17-18)9-4-6-13(14,15)7-5-9/h9H,3-7H2,1-2H3,(H2,16,19). The highest BCUT2D eigenvalue weighted by Crippen LogP contribution is 2.42. The number of alkyl halides is 2. The zero-order valence-corrected chi connectivity index (χ0v) is 11.2. The fourth-order valence-electron chi connectivity index (χ4n) is 2.90. The normalized spacial score (nSPS) is 19.6. The number of hydrogen-bond acceptors (Lipinski definition) is 2. The van der Waals surface area contributed by atoms with Crippen LogP contribution in [-0.4, -0.2) is 21.6 Å². The molecule has 19 heavy (non-hydrogen) atoms. The lowest BCUT2D eigenvalue weighted by molar-refractivity contribution is -0.0382. The largest absolute Gasteiger partial charge is 0.364 e. The van der Waals surface area contributed by atoms with E-state index >= 15 is 0 Å². The number of amides is 1. The van der Waals surface area contributed by atoms with Crippen LogP contribution in [0.1, 0.15) is 60.3 Å². The second-order valence-electron chi connectivity index (χ2n) is 5.16. The highest BCUT2D eigenvalue weighted by molar-refractivity contribution is 5.93. The molecule has 4 nitrogen and oxygen atoms in total. The van der Waals surface area contributed by atoms with Gasteiger partial charge in [-0.1, -0.05) is 0 Å². The zero-order chi connectivity index (χ0) is 14.2. The number of carbonyl (C=O) groups is 1. The zero-order valence-electron chi connectivity index (χ0n) is 11.2. The predicted octanol–water partition coefficient (Wildman–Crippen LogP) is 2.60. The third-order valence-electron chi connectivity index (χ3n) is 3.83. The van der Waals surface area contributed by atoms with Crippen LogP contribution < -0.4 is 5.73 Å². The van der Waals surface area contributed by atoms with Gasteiger partial charge in [0.1, 0.15) is 5.69 Å². The molecule has 0 saturated heterocycles. The van der Waals surface area contributed by atoms with Crippen molar-refractivity contribution in [3.63, 3.8) is 0 Å². The fraction of sp³-hybridized carbons (Fsp3) is 0.692. The maximum atomic E-state index is 13.2. The summed E-state index contributed by atoms with van der Waals surface area (Å²) in [6, 6.07) is 0. The quantitative estimate of drug-likeness (QED) is 0.918. The van der Waals surface area contributed by atoms with Gasteiger partial charge in [0.2, 0.25) is 5.92 Å². The lowest BCUT2D eigenvalue weighted by atomic mass is 9.81. The van der Waals surface area contributed by atoms with Crippen molar-refractivity contribution in [2.24, 2.45) is 5.73 Å². The Kier molecular flexibility index (Phi) is 3.60. The number of aromatic nitrogens is 2. The molecule has 1 aromatic heterocycles. The van der Waals surface area contributed by atoms with E-state index in [1.165, 1.54) is 0 Å². The van der Waals surface area contributed by atoms with Gasteiger partial charge in [-0.2, -0.15) is 5.10 Å². The summed E-state index contributed by atoms with van der Waals surface area (Å²) >= 11 is 0. The number of primary amides is 1. The Hall–Kier alpha value is -1.46. The summed E-state index contributed by atoms with van der Waals surface area (Å²) in [5, 5.41) is 4.29. The molecular weight excluding hydrogens is 252 g/mol. The Morgan fingerprint density at radius 1 is 1.47 bits per heavy atom. The van der Waals surface area contributed by atoms with Gasteiger partial charge >= 0.3 is 0 Å². The van der Waals surface area contributed by atoms with Crippen molar-refractivity contribution in [3.8, 4) is 0 Å². The van der Waals surface area contributed by atoms with Crippen molar-refractivity contribution < 1.29 is 13.6 Å². The van der Waals surface area contributed by atoms with E-state index in [-0.39, 0.29) is 18.8 Å². The molecule has 0 bridgehead atoms. The minimum Gasteiger partial charge on any atom is -0.364 e. The summed E-state index contributed by atoms with van der Waals surface area (Å²) in [5.41, 5.74) is 7.30. The lowest BCUT2D eigenvalue weighted by Crippen LogP contribution is -2.26. The molecule has 1 aliphatic rings. The molecule has 0 spiro atoms. The van der Waals surface area contributed by atoms with Crippen molar-refractivity contribution in [1.29, 1.82) is 0 Å². The Balaban J connectivity index is 2.35. The Morgan fingerprint density at radius 3 is 2.53 bits per heavy atom. The van der Waals surface area contributed by atoms with Crippen LogP contribution in [0.3, 0.4) is 0 Å². The van der Waals surface area contributed by atoms with Crippen molar-refractivity contribution >= 4 is 5.91 Å². The summed E-state index contributed by atoms with van der Waals surface area (Å²) in [7, 11) is 0. The fourth-order valence-corrected chi connectivity index (χ4v) is 2.90. The minimum atomic E-state index is -2.57. The number of halogens is 2. The maximum absolute atomic E-state index is 13.2. The molecule has 106 valence electrons. The second-order valence-corrected chi connectivity index (χ2v) is 5.16. The molecule has 0 radical (unpaired) electrons. The molecule has 1 saturated carbocycles. The molecule has 1 heterocycles. The Labute approximate surface area is 111 Å². The first-order valence-corrected chi connectivity index (χ1v) is 6.60. The molecule has 1 aromatic rings. The predicted molar refractivity (Wildman–Crippen MR) is 67.3 cm³/mol. The summed E-state index contributed by atoms with van der Waals surface area (Å²) in [6.45, 7) is 4.22. The topological polar surface area (TPSA) is 60.9 Å². The maximum Gasteiger partial charge on any atom is 0.267 e. The van der Waals surface area contributed by atoms with Gasteiger partial charge < -0.3 is 5.73 Å². The van der Waals surface area contributed by atoms with Crippen molar-refractivity contribution in [3.05, 3.63) is 17.0 Å². The summed E-state index contributed by atoms with van der Waals surface area (Å²) < 4.78 is 28.0. The first kappa shape index (κ1) is 14.0. The van der Waals surface area contributed by atoms with Crippen LogP contribution in [0.4, 0.5) is 8.78 Å². The van der Waals surface area contributed by atoms with Crippen LogP contribution in [0.2, 0.25) is 0 Å². The second kappa shape index (κ2) is 4.90. The number of nitrogens with zero attached hydrogens (tertiary/aromatic N) is 2. The van der Waals surface area contributed by atoms with Gasteiger partial charge in [0, 0.05) is 24.9 Å². The smallest absolute Gasteiger partial charge is 0.267 e. The molecule has 2 N–H and O–H groups in total. The summed E-state index contributed by atoms with van der Waals surface area (Å²) in [6.07, 6.45) is 0.492. The molecule has 0 atom stereocenters. The van der Waals surface area contributed by atoms with Crippen LogP contribution in [0.25, 0.3) is 0 Å². The summed E-state index contributed by atoms with van der Waals surface area (Å²) in [5.74, 6) is -3.14. The van der Waals surface area contributed by atoms with Gasteiger partial charge in [-0.25, -0.2) is 8.78 Å². The van der Waals surface area contributed by atoms with Gasteiger partial charge in [0.25, 0.3) is 5.91 Å². The van der Waals surface area contributed by atoms with Crippen molar-refractivity contribution in [2.75, 3.05) is 0 Å². The third-order valence-corrected chi connectivity index (χ3v) is 3.83. The molecule has 1 fully saturated rings. The number of rotatable bonds is 3. The number of nitrogens with two attached hydrogens (primary N) is 1. The van der Waals surface area contributed by atoms with Crippen LogP contribution in [0.15, 0.2) is 0 Å². The molecule has 1 aliphatic carbocycles. The molecule has 1 amide bonds. The molecule has 6 heteroatoms. The van der Waals surface area contributed by atoms with E-state index in [1.807, 2.05) is 6.92 Å². The van der Waals surface area contributed by atoms with E-state index in [4.69, 9.17) is 5.73 Å². The highest BCUT2D eigenvalue weighted by Gasteiger charge is 2.37. The van der Waals surface area contributed by atoms with Crippen LogP contribution in [0, 0.1) is 6.92 Å². The molecular formula is C13H19F2N3O. The molecule has 0 aromatic carbocycles. The number of aryl methyl sites for hydroxylation is 2. The monoisotopic (exact) mass is 271 g/mol. The average molecular weight is 271 g/mol. The first-order chi connectivity index (χ1) is 8.85. The first-order valence-electron chi connectivity index (χ1n) is 6.60. The van der Waals surface area contributed by atoms with Gasteiger partial charge in [-0.15, -0.1) is 0 Å². The van der Waals surface area contributed by atoms with Crippen molar-refractivity contribution in [1.82, 2.24) is 9.78 Å². The van der Waals surface area contributed by atoms with E-state index in [1.54, 1.807) is 11.6 Å². The average Bonchev–Trinajstić information content (AvgIpc) is 2.66. The molecule has 2 rings (SSSR count). The summed E-state index contributed by atoms with van der Waals surface area (Å²) in [4.78, 5) is 11.6. The highest BCUT2D eigenvalue weighted by atomic mass is 19.3. The van der Waals surface area contributed by atoms with Crippen LogP contribution in [-0.2, 0) is 6.54 Å². The van der Waals surface area contributed by atoms with Crippen LogP contribution >= 0.6 is 0 Å². The van der Waals surface area contributed by atoms with Crippen molar-refractivity contribution in [2.45, 2.75) is 57.9 Å². The van der Waals surface area contributed by atoms with E-state index in [9.17, 15) is 13.6 Å². The van der Waals surface area contributed by atoms with Gasteiger partial charge in [-0.3, -0.25) is 9.48 Å². The molecule has 0 unspecified atom stereocenters. The SMILES string of the molecule is CCn1nc(C)c(C2CCC(F)(F)CC2)c1C(N)=O. The van der Waals surface area contributed by atoms with Gasteiger partial charge in [0.05, 0.1) is 5.69 Å².